The van der Waals surface area contributed by atoms with Crippen molar-refractivity contribution >= 4 is 5.78 Å². The van der Waals surface area contributed by atoms with Crippen molar-refractivity contribution in [1.29, 1.82) is 0 Å². The molecule has 0 N–H and O–H groups in total. The summed E-state index contributed by atoms with van der Waals surface area (Å²) in [5.41, 5.74) is 0. The van der Waals surface area contributed by atoms with Gasteiger partial charge in [-0.2, -0.15) is 0 Å². The second kappa shape index (κ2) is 3.86. The van der Waals surface area contributed by atoms with Gasteiger partial charge in [0.25, 0.3) is 0 Å². The van der Waals surface area contributed by atoms with Crippen LogP contribution in [0.2, 0.25) is 0 Å². The van der Waals surface area contributed by atoms with Crippen molar-refractivity contribution in [1.82, 2.24) is 0 Å². The molecule has 0 amide bonds. The Labute approximate surface area is 67.9 Å². The molecule has 1 rings (SSSR count). The van der Waals surface area contributed by atoms with Gasteiger partial charge in [-0.3, -0.25) is 4.79 Å². The summed E-state index contributed by atoms with van der Waals surface area (Å²) in [5.74, 6) is 0.916. The maximum Gasteiger partial charge on any atom is 0.161 e. The van der Waals surface area contributed by atoms with Gasteiger partial charge in [-0.1, -0.05) is 13.3 Å². The van der Waals surface area contributed by atoms with Gasteiger partial charge in [0.05, 0.1) is 0 Å². The van der Waals surface area contributed by atoms with Crippen molar-refractivity contribution in [3.8, 4) is 0 Å². The van der Waals surface area contributed by atoms with Crippen LogP contribution in [0.5, 0.6) is 0 Å². The molecule has 2 unspecified atom stereocenters. The fourth-order valence-electron chi connectivity index (χ4n) is 1.66. The zero-order chi connectivity index (χ0) is 8.27. The molecule has 0 aromatic heterocycles. The normalized spacial score (nSPS) is 32.4. The highest BCUT2D eigenvalue weighted by Crippen LogP contribution is 2.25. The van der Waals surface area contributed by atoms with E-state index in [9.17, 15) is 4.79 Å². The Bertz CT molecular complexity index is 142. The lowest BCUT2D eigenvalue weighted by molar-refractivity contribution is -0.132. The molecule has 1 aliphatic rings. The summed E-state index contributed by atoms with van der Waals surface area (Å²) in [6, 6.07) is 0. The molecule has 1 aliphatic carbocycles. The first-order valence-corrected chi connectivity index (χ1v) is 4.33. The molecule has 2 atom stereocenters. The van der Waals surface area contributed by atoms with Gasteiger partial charge in [0, 0.05) is 13.5 Å². The highest BCUT2D eigenvalue weighted by Gasteiger charge is 2.26. The minimum atomic E-state index is -0.0993. The molecule has 0 saturated heterocycles. The van der Waals surface area contributed by atoms with E-state index in [1.54, 1.807) is 7.11 Å². The van der Waals surface area contributed by atoms with Gasteiger partial charge in [0.15, 0.2) is 5.78 Å². The summed E-state index contributed by atoms with van der Waals surface area (Å²) in [6.07, 6.45) is 3.84. The fraction of sp³-hybridized carbons (Fsp3) is 0.889. The number of carbonyl (C=O) groups is 1. The van der Waals surface area contributed by atoms with Crippen molar-refractivity contribution in [3.05, 3.63) is 0 Å². The van der Waals surface area contributed by atoms with E-state index in [2.05, 4.69) is 6.92 Å². The lowest BCUT2D eigenvalue weighted by Crippen LogP contribution is -2.30. The maximum atomic E-state index is 11.3. The van der Waals surface area contributed by atoms with Gasteiger partial charge in [-0.05, 0) is 18.8 Å². The minimum absolute atomic E-state index is 0.0993. The van der Waals surface area contributed by atoms with Crippen LogP contribution < -0.4 is 0 Å². The van der Waals surface area contributed by atoms with Gasteiger partial charge in [0.1, 0.15) is 6.10 Å². The van der Waals surface area contributed by atoms with Crippen molar-refractivity contribution in [3.63, 3.8) is 0 Å². The average molecular weight is 156 g/mol. The fourth-order valence-corrected chi connectivity index (χ4v) is 1.66. The van der Waals surface area contributed by atoms with Crippen LogP contribution >= 0.6 is 0 Å². The van der Waals surface area contributed by atoms with E-state index in [-0.39, 0.29) is 6.10 Å². The molecular formula is C9H16O2. The second-order valence-electron chi connectivity index (χ2n) is 3.25. The third kappa shape index (κ3) is 2.03. The van der Waals surface area contributed by atoms with E-state index in [4.69, 9.17) is 4.74 Å². The van der Waals surface area contributed by atoms with Crippen LogP contribution in [0.25, 0.3) is 0 Å². The summed E-state index contributed by atoms with van der Waals surface area (Å²) in [4.78, 5) is 11.3. The molecule has 1 fully saturated rings. The van der Waals surface area contributed by atoms with Crippen LogP contribution in [0.1, 0.15) is 32.6 Å². The molecule has 0 aromatic rings. The number of carbonyl (C=O) groups excluding carboxylic acids is 1. The van der Waals surface area contributed by atoms with E-state index >= 15 is 0 Å². The zero-order valence-corrected chi connectivity index (χ0v) is 7.30. The lowest BCUT2D eigenvalue weighted by Gasteiger charge is -2.25. The monoisotopic (exact) mass is 156 g/mol. The van der Waals surface area contributed by atoms with E-state index in [0.717, 1.165) is 25.7 Å². The van der Waals surface area contributed by atoms with E-state index in [0.29, 0.717) is 11.7 Å². The van der Waals surface area contributed by atoms with Gasteiger partial charge in [0.2, 0.25) is 0 Å². The van der Waals surface area contributed by atoms with Gasteiger partial charge in [-0.25, -0.2) is 0 Å². The summed E-state index contributed by atoms with van der Waals surface area (Å²) < 4.78 is 5.05. The Balaban J connectivity index is 2.41. The van der Waals surface area contributed by atoms with E-state index < -0.39 is 0 Å². The maximum absolute atomic E-state index is 11.3. The number of Topliss-reactive ketones (excluding diaryl/α,β-unsaturated/α-hetero) is 1. The standard InChI is InChI=1S/C9H16O2/c1-3-7-4-5-9(11-2)8(10)6-7/h7,9H,3-6H2,1-2H3. The Kier molecular flexibility index (Phi) is 3.06. The summed E-state index contributed by atoms with van der Waals surface area (Å²) in [6.45, 7) is 2.14. The quantitative estimate of drug-likeness (QED) is 0.609. The minimum Gasteiger partial charge on any atom is -0.374 e. The van der Waals surface area contributed by atoms with Crippen LogP contribution in [0.3, 0.4) is 0 Å². The van der Waals surface area contributed by atoms with Gasteiger partial charge in [-0.15, -0.1) is 0 Å². The molecule has 0 bridgehead atoms. The van der Waals surface area contributed by atoms with Crippen LogP contribution in [0.15, 0.2) is 0 Å². The molecule has 0 aliphatic heterocycles. The van der Waals surface area contributed by atoms with Crippen LogP contribution in [0.4, 0.5) is 0 Å². The third-order valence-corrected chi connectivity index (χ3v) is 2.55. The third-order valence-electron chi connectivity index (χ3n) is 2.55. The second-order valence-corrected chi connectivity index (χ2v) is 3.25. The molecule has 2 heteroatoms. The van der Waals surface area contributed by atoms with E-state index in [1.165, 1.54) is 0 Å². The highest BCUT2D eigenvalue weighted by atomic mass is 16.5. The number of hydrogen-bond acceptors (Lipinski definition) is 2. The van der Waals surface area contributed by atoms with Crippen LogP contribution in [-0.2, 0) is 9.53 Å². The summed E-state index contributed by atoms with van der Waals surface area (Å²) >= 11 is 0. The van der Waals surface area contributed by atoms with Crippen molar-refractivity contribution in [2.45, 2.75) is 38.7 Å². The van der Waals surface area contributed by atoms with Crippen molar-refractivity contribution in [2.75, 3.05) is 7.11 Å². The first kappa shape index (κ1) is 8.72. The first-order valence-electron chi connectivity index (χ1n) is 4.33. The number of rotatable bonds is 2. The number of ketones is 1. The predicted octanol–water partition coefficient (Wildman–Crippen LogP) is 1.78. The molecule has 1 saturated carbocycles. The molecule has 64 valence electrons. The summed E-state index contributed by atoms with van der Waals surface area (Å²) in [7, 11) is 1.62. The molecule has 0 heterocycles. The van der Waals surface area contributed by atoms with Crippen molar-refractivity contribution in [2.24, 2.45) is 5.92 Å². The Morgan fingerprint density at radius 3 is 2.73 bits per heavy atom. The largest absolute Gasteiger partial charge is 0.374 e. The van der Waals surface area contributed by atoms with Crippen LogP contribution in [0, 0.1) is 5.92 Å². The number of methoxy groups -OCH3 is 1. The van der Waals surface area contributed by atoms with Gasteiger partial charge < -0.3 is 4.74 Å². The average Bonchev–Trinajstić information content (AvgIpc) is 2.04. The number of hydrogen-bond donors (Lipinski definition) is 0. The molecule has 11 heavy (non-hydrogen) atoms. The Morgan fingerprint density at radius 1 is 1.55 bits per heavy atom. The first-order chi connectivity index (χ1) is 5.27. The molecular weight excluding hydrogens is 140 g/mol. The summed E-state index contributed by atoms with van der Waals surface area (Å²) in [5, 5.41) is 0. The topological polar surface area (TPSA) is 26.3 Å². The van der Waals surface area contributed by atoms with E-state index in [1.807, 2.05) is 0 Å². The van der Waals surface area contributed by atoms with Crippen molar-refractivity contribution < 1.29 is 9.53 Å². The molecule has 2 nitrogen and oxygen atoms in total. The Morgan fingerprint density at radius 2 is 2.27 bits per heavy atom. The SMILES string of the molecule is CCC1CCC(OC)C(=O)C1. The smallest absolute Gasteiger partial charge is 0.161 e. The predicted molar refractivity (Wildman–Crippen MR) is 43.4 cm³/mol. The highest BCUT2D eigenvalue weighted by molar-refractivity contribution is 5.83. The lowest BCUT2D eigenvalue weighted by atomic mass is 9.85. The Hall–Kier alpha value is -0.370. The number of ether oxygens (including phenoxy) is 1. The molecule has 0 radical (unpaired) electrons. The van der Waals surface area contributed by atoms with Crippen LogP contribution in [-0.4, -0.2) is 19.0 Å². The zero-order valence-electron chi connectivity index (χ0n) is 7.30. The molecule has 0 aromatic carbocycles. The molecule has 0 spiro atoms. The van der Waals surface area contributed by atoms with Gasteiger partial charge >= 0.3 is 0 Å².